The van der Waals surface area contributed by atoms with Crippen LogP contribution < -0.4 is 5.32 Å². The summed E-state index contributed by atoms with van der Waals surface area (Å²) in [5, 5.41) is 12.7. The topological polar surface area (TPSA) is 62.1 Å². The van der Waals surface area contributed by atoms with Crippen molar-refractivity contribution in [3.63, 3.8) is 0 Å². The summed E-state index contributed by atoms with van der Waals surface area (Å²) >= 11 is 0. The summed E-state index contributed by atoms with van der Waals surface area (Å²) in [4.78, 5) is 11.9. The van der Waals surface area contributed by atoms with Gasteiger partial charge in [0.1, 0.15) is 12.1 Å². The second-order valence-corrected chi connectivity index (χ2v) is 5.64. The van der Waals surface area contributed by atoms with Gasteiger partial charge in [0.2, 0.25) is 0 Å². The molecule has 1 atom stereocenters. The number of benzene rings is 1. The van der Waals surface area contributed by atoms with Crippen molar-refractivity contribution in [2.24, 2.45) is 5.92 Å². The van der Waals surface area contributed by atoms with E-state index in [1.54, 1.807) is 0 Å². The Morgan fingerprint density at radius 3 is 2.70 bits per heavy atom. The summed E-state index contributed by atoms with van der Waals surface area (Å²) in [7, 11) is 1.41. The van der Waals surface area contributed by atoms with Crippen LogP contribution in [-0.2, 0) is 9.53 Å². The first-order valence-corrected chi connectivity index (χ1v) is 7.12. The van der Waals surface area contributed by atoms with Gasteiger partial charge in [-0.25, -0.2) is 4.79 Å². The Balaban J connectivity index is 1.87. The summed E-state index contributed by atoms with van der Waals surface area (Å²) < 4.78 is 4.87. The van der Waals surface area contributed by atoms with Gasteiger partial charge in [0.15, 0.2) is 0 Å². The molecule has 0 spiro atoms. The van der Waals surface area contributed by atoms with Gasteiger partial charge in [0.05, 0.1) is 18.4 Å². The molecular weight excluding hydrogens is 252 g/mol. The molecular formula is C16H18N2O2. The fraction of sp³-hybridized carbons (Fsp3) is 0.500. The smallest absolute Gasteiger partial charge is 0.328 e. The van der Waals surface area contributed by atoms with E-state index in [1.165, 1.54) is 7.11 Å². The molecule has 3 rings (SSSR count). The minimum Gasteiger partial charge on any atom is -0.467 e. The highest BCUT2D eigenvalue weighted by atomic mass is 16.5. The maximum atomic E-state index is 11.9. The molecule has 2 fully saturated rings. The van der Waals surface area contributed by atoms with Crippen molar-refractivity contribution in [1.29, 1.82) is 5.26 Å². The highest BCUT2D eigenvalue weighted by Crippen LogP contribution is 2.43. The second-order valence-electron chi connectivity index (χ2n) is 5.64. The van der Waals surface area contributed by atoms with Crippen molar-refractivity contribution < 1.29 is 9.53 Å². The molecule has 2 aliphatic carbocycles. The highest BCUT2D eigenvalue weighted by molar-refractivity contribution is 5.81. The Morgan fingerprint density at radius 1 is 1.40 bits per heavy atom. The second kappa shape index (κ2) is 5.16. The zero-order chi connectivity index (χ0) is 14.1. The molecule has 0 heterocycles. The van der Waals surface area contributed by atoms with Crippen molar-refractivity contribution in [3.05, 3.63) is 29.3 Å². The van der Waals surface area contributed by atoms with E-state index in [2.05, 4.69) is 11.4 Å². The summed E-state index contributed by atoms with van der Waals surface area (Å²) in [6, 6.07) is 7.81. The Morgan fingerprint density at radius 2 is 2.15 bits per heavy atom. The number of rotatable bonds is 5. The third-order valence-corrected chi connectivity index (χ3v) is 4.09. The van der Waals surface area contributed by atoms with Crippen molar-refractivity contribution in [2.45, 2.75) is 37.6 Å². The van der Waals surface area contributed by atoms with Crippen LogP contribution in [0.25, 0.3) is 0 Å². The van der Waals surface area contributed by atoms with Crippen molar-refractivity contribution in [3.8, 4) is 6.07 Å². The van der Waals surface area contributed by atoms with Crippen LogP contribution in [-0.4, -0.2) is 19.1 Å². The predicted molar refractivity (Wildman–Crippen MR) is 75.3 cm³/mol. The van der Waals surface area contributed by atoms with Crippen LogP contribution in [0.1, 0.15) is 42.7 Å². The Bertz CT molecular complexity index is 568. The van der Waals surface area contributed by atoms with E-state index in [9.17, 15) is 10.1 Å². The summed E-state index contributed by atoms with van der Waals surface area (Å²) in [6.45, 7) is 0. The molecule has 4 nitrogen and oxygen atoms in total. The number of carbonyl (C=O) groups excluding carboxylic acids is 1. The average molecular weight is 270 g/mol. The van der Waals surface area contributed by atoms with Crippen LogP contribution in [0.2, 0.25) is 0 Å². The summed E-state index contributed by atoms with van der Waals surface area (Å²) in [5.41, 5.74) is 2.56. The van der Waals surface area contributed by atoms with Crippen LogP contribution in [0, 0.1) is 17.2 Å². The monoisotopic (exact) mass is 270 g/mol. The zero-order valence-corrected chi connectivity index (χ0v) is 11.6. The lowest BCUT2D eigenvalue weighted by Gasteiger charge is -2.19. The summed E-state index contributed by atoms with van der Waals surface area (Å²) in [5.74, 6) is 0.607. The number of methoxy groups -OCH3 is 1. The standard InChI is InChI=1S/C16H18N2O2/c1-20-16(19)15(11-7-8-11)18-14-4-2-3-12(10-5-6-10)13(14)9-17/h2-4,10-11,15,18H,5-8H2,1H3. The number of nitrogens with zero attached hydrogens (tertiary/aromatic N) is 1. The lowest BCUT2D eigenvalue weighted by molar-refractivity contribution is -0.142. The van der Waals surface area contributed by atoms with E-state index in [4.69, 9.17) is 4.74 Å². The maximum absolute atomic E-state index is 11.9. The molecule has 104 valence electrons. The first-order valence-electron chi connectivity index (χ1n) is 7.12. The van der Waals surface area contributed by atoms with Crippen LogP contribution in [0.3, 0.4) is 0 Å². The molecule has 0 aromatic heterocycles. The largest absolute Gasteiger partial charge is 0.467 e. The van der Waals surface area contributed by atoms with Crippen molar-refractivity contribution in [1.82, 2.24) is 0 Å². The lowest BCUT2D eigenvalue weighted by atomic mass is 10.0. The van der Waals surface area contributed by atoms with E-state index >= 15 is 0 Å². The Kier molecular flexibility index (Phi) is 3.35. The van der Waals surface area contributed by atoms with Crippen LogP contribution in [0.5, 0.6) is 0 Å². The number of carbonyl (C=O) groups is 1. The molecule has 0 radical (unpaired) electrons. The third-order valence-electron chi connectivity index (χ3n) is 4.09. The number of esters is 1. The minimum atomic E-state index is -0.332. The third kappa shape index (κ3) is 2.49. The molecule has 0 bridgehead atoms. The Labute approximate surface area is 118 Å². The molecule has 1 aromatic rings. The Hall–Kier alpha value is -2.02. The van der Waals surface area contributed by atoms with Gasteiger partial charge in [0, 0.05) is 0 Å². The highest BCUT2D eigenvalue weighted by Gasteiger charge is 2.37. The van der Waals surface area contributed by atoms with Gasteiger partial charge < -0.3 is 10.1 Å². The first-order chi connectivity index (χ1) is 9.74. The fourth-order valence-corrected chi connectivity index (χ4v) is 2.64. The van der Waals surface area contributed by atoms with Gasteiger partial charge in [-0.05, 0) is 49.1 Å². The van der Waals surface area contributed by atoms with Gasteiger partial charge in [-0.3, -0.25) is 0 Å². The van der Waals surface area contributed by atoms with Crippen molar-refractivity contribution >= 4 is 11.7 Å². The number of nitrogens with one attached hydrogen (secondary N) is 1. The van der Waals surface area contributed by atoms with Crippen LogP contribution in [0.15, 0.2) is 18.2 Å². The molecule has 0 aliphatic heterocycles. The average Bonchev–Trinajstić information content (AvgIpc) is 3.35. The van der Waals surface area contributed by atoms with Gasteiger partial charge in [-0.2, -0.15) is 5.26 Å². The normalized spacial score (nSPS) is 19.0. The van der Waals surface area contributed by atoms with E-state index < -0.39 is 0 Å². The lowest BCUT2D eigenvalue weighted by Crippen LogP contribution is -2.33. The molecule has 0 saturated heterocycles. The zero-order valence-electron chi connectivity index (χ0n) is 11.6. The molecule has 0 amide bonds. The number of anilines is 1. The maximum Gasteiger partial charge on any atom is 0.328 e. The molecule has 1 unspecified atom stereocenters. The minimum absolute atomic E-state index is 0.242. The van der Waals surface area contributed by atoms with E-state index in [-0.39, 0.29) is 12.0 Å². The molecule has 1 aromatic carbocycles. The van der Waals surface area contributed by atoms with Crippen LogP contribution >= 0.6 is 0 Å². The van der Waals surface area contributed by atoms with E-state index in [0.29, 0.717) is 17.4 Å². The molecule has 2 aliphatic rings. The molecule has 20 heavy (non-hydrogen) atoms. The van der Waals surface area contributed by atoms with Gasteiger partial charge in [-0.15, -0.1) is 0 Å². The number of nitriles is 1. The van der Waals surface area contributed by atoms with Gasteiger partial charge in [-0.1, -0.05) is 12.1 Å². The van der Waals surface area contributed by atoms with Gasteiger partial charge >= 0.3 is 5.97 Å². The quantitative estimate of drug-likeness (QED) is 0.836. The summed E-state index contributed by atoms with van der Waals surface area (Å²) in [6.07, 6.45) is 4.39. The number of hydrogen-bond acceptors (Lipinski definition) is 4. The van der Waals surface area contributed by atoms with E-state index in [0.717, 1.165) is 36.9 Å². The molecule has 4 heteroatoms. The number of ether oxygens (including phenoxy) is 1. The SMILES string of the molecule is COC(=O)C(Nc1cccc(C2CC2)c1C#N)C1CC1. The predicted octanol–water partition coefficient (Wildman–Crippen LogP) is 2.80. The molecule has 2 saturated carbocycles. The van der Waals surface area contributed by atoms with Gasteiger partial charge in [0.25, 0.3) is 0 Å². The first kappa shape index (κ1) is 13.0. The van der Waals surface area contributed by atoms with Crippen LogP contribution in [0.4, 0.5) is 5.69 Å². The van der Waals surface area contributed by atoms with E-state index in [1.807, 2.05) is 18.2 Å². The fourth-order valence-electron chi connectivity index (χ4n) is 2.64. The van der Waals surface area contributed by atoms with Crippen molar-refractivity contribution in [2.75, 3.05) is 12.4 Å². The number of hydrogen-bond donors (Lipinski definition) is 1. The molecule has 1 N–H and O–H groups in total.